The van der Waals surface area contributed by atoms with Gasteiger partial charge in [-0.25, -0.2) is 0 Å². The maximum absolute atomic E-state index is 12.7. The van der Waals surface area contributed by atoms with Gasteiger partial charge >= 0.3 is 0 Å². The molecule has 1 fully saturated rings. The first-order chi connectivity index (χ1) is 15.1. The Hall–Kier alpha value is -2.10. The molecule has 1 amide bonds. The van der Waals surface area contributed by atoms with Crippen LogP contribution in [0.2, 0.25) is 0 Å². The number of aliphatic imine (C=N–C) groups is 1. The van der Waals surface area contributed by atoms with Crippen LogP contribution in [-0.4, -0.2) is 48.6 Å². The third-order valence-electron chi connectivity index (χ3n) is 6.00. The normalized spacial score (nSPS) is 14.7. The molecule has 2 heterocycles. The molecule has 32 heavy (non-hydrogen) atoms. The zero-order valence-corrected chi connectivity index (χ0v) is 21.7. The summed E-state index contributed by atoms with van der Waals surface area (Å²) in [5.74, 6) is 2.28. The Labute approximate surface area is 208 Å². The van der Waals surface area contributed by atoms with Gasteiger partial charge in [-0.05, 0) is 37.2 Å². The first kappa shape index (κ1) is 26.2. The molecule has 1 saturated heterocycles. The fraction of sp³-hybridized carbons (Fsp3) is 0.542. The van der Waals surface area contributed by atoms with Crippen LogP contribution in [0.1, 0.15) is 49.3 Å². The second kappa shape index (κ2) is 13.4. The van der Waals surface area contributed by atoms with E-state index in [1.54, 1.807) is 7.05 Å². The summed E-state index contributed by atoms with van der Waals surface area (Å²) in [7, 11) is 1.71. The van der Waals surface area contributed by atoms with E-state index in [1.165, 1.54) is 5.56 Å². The van der Waals surface area contributed by atoms with Gasteiger partial charge in [-0.2, -0.15) is 0 Å². The molecule has 0 unspecified atom stereocenters. The molecule has 0 saturated carbocycles. The molecule has 1 aromatic heterocycles. The second-order valence-electron chi connectivity index (χ2n) is 8.03. The Bertz CT molecular complexity index is 839. The minimum absolute atomic E-state index is 0. The van der Waals surface area contributed by atoms with Crippen molar-refractivity contribution in [3.63, 3.8) is 0 Å². The maximum Gasteiger partial charge on any atom is 0.241 e. The molecule has 2 N–H and O–H groups in total. The summed E-state index contributed by atoms with van der Waals surface area (Å²) in [6.45, 7) is 6.59. The van der Waals surface area contributed by atoms with Crippen molar-refractivity contribution in [2.24, 2.45) is 10.9 Å². The van der Waals surface area contributed by atoms with Crippen LogP contribution in [0.3, 0.4) is 0 Å². The molecule has 7 nitrogen and oxygen atoms in total. The number of benzene rings is 1. The van der Waals surface area contributed by atoms with Gasteiger partial charge in [-0.1, -0.05) is 49.3 Å². The Morgan fingerprint density at radius 1 is 1.16 bits per heavy atom. The number of likely N-dealkylation sites (tertiary alicyclic amines) is 1. The number of carbonyl (C=O) groups is 1. The largest absolute Gasteiger partial charge is 0.361 e. The Morgan fingerprint density at radius 2 is 1.88 bits per heavy atom. The van der Waals surface area contributed by atoms with E-state index in [0.29, 0.717) is 18.4 Å². The number of piperidine rings is 1. The number of hydrogen-bond acceptors (Lipinski definition) is 4. The number of hydrogen-bond donors (Lipinski definition) is 2. The molecule has 1 aromatic carbocycles. The predicted octanol–water partition coefficient (Wildman–Crippen LogP) is 3.56. The highest BCUT2D eigenvalue weighted by Gasteiger charge is 2.23. The van der Waals surface area contributed by atoms with Crippen LogP contribution in [0.5, 0.6) is 0 Å². The van der Waals surface area contributed by atoms with Crippen LogP contribution >= 0.6 is 24.0 Å². The van der Waals surface area contributed by atoms with Gasteiger partial charge in [0, 0.05) is 38.7 Å². The molecule has 3 rings (SSSR count). The lowest BCUT2D eigenvalue weighted by Gasteiger charge is -2.32. The topological polar surface area (TPSA) is 82.8 Å². The highest BCUT2D eigenvalue weighted by molar-refractivity contribution is 14.0. The fourth-order valence-electron chi connectivity index (χ4n) is 4.14. The van der Waals surface area contributed by atoms with Gasteiger partial charge in [-0.3, -0.25) is 9.79 Å². The molecule has 2 aromatic rings. The van der Waals surface area contributed by atoms with Crippen LogP contribution in [0, 0.1) is 5.92 Å². The Morgan fingerprint density at radius 3 is 2.50 bits per heavy atom. The van der Waals surface area contributed by atoms with Gasteiger partial charge < -0.3 is 20.1 Å². The summed E-state index contributed by atoms with van der Waals surface area (Å²) in [5, 5.41) is 10.6. The molecule has 0 radical (unpaired) electrons. The number of aromatic nitrogens is 1. The predicted molar refractivity (Wildman–Crippen MR) is 138 cm³/mol. The van der Waals surface area contributed by atoms with E-state index in [4.69, 9.17) is 4.52 Å². The van der Waals surface area contributed by atoms with E-state index in [2.05, 4.69) is 65.0 Å². The summed E-state index contributed by atoms with van der Waals surface area (Å²) < 4.78 is 5.41. The molecule has 8 heteroatoms. The van der Waals surface area contributed by atoms with Gasteiger partial charge in [0.25, 0.3) is 0 Å². The lowest BCUT2D eigenvalue weighted by molar-refractivity contribution is -0.131. The highest BCUT2D eigenvalue weighted by Crippen LogP contribution is 2.21. The van der Waals surface area contributed by atoms with Crippen LogP contribution in [0.25, 0.3) is 0 Å². The Kier molecular flexibility index (Phi) is 11.0. The summed E-state index contributed by atoms with van der Waals surface area (Å²) in [6, 6.07) is 10.6. The number of amides is 1. The third-order valence-corrected chi connectivity index (χ3v) is 6.00. The number of aryl methyl sites for hydroxylation is 2. The van der Waals surface area contributed by atoms with E-state index in [9.17, 15) is 4.79 Å². The van der Waals surface area contributed by atoms with Gasteiger partial charge in [0.2, 0.25) is 5.91 Å². The summed E-state index contributed by atoms with van der Waals surface area (Å²) in [5.41, 5.74) is 3.43. The van der Waals surface area contributed by atoms with Crippen LogP contribution in [-0.2, 0) is 30.6 Å². The van der Waals surface area contributed by atoms with Crippen molar-refractivity contribution in [2.75, 3.05) is 26.7 Å². The number of rotatable bonds is 8. The molecule has 1 aliphatic heterocycles. The van der Waals surface area contributed by atoms with E-state index in [0.717, 1.165) is 62.2 Å². The second-order valence-corrected chi connectivity index (χ2v) is 8.03. The molecule has 0 spiro atoms. The zero-order chi connectivity index (χ0) is 22.1. The van der Waals surface area contributed by atoms with E-state index in [-0.39, 0.29) is 36.4 Å². The molecular weight excluding hydrogens is 517 g/mol. The first-order valence-electron chi connectivity index (χ1n) is 11.4. The standard InChI is InChI=1S/C24H35N5O2.HI/c1-4-21-20(22(5-2)31-28-21)16-26-24(25-3)27-17-23(30)29-13-11-19(12-14-29)15-18-9-7-6-8-10-18;/h6-10,19H,4-5,11-17H2,1-3H3,(H2,25,26,27);1H. The monoisotopic (exact) mass is 553 g/mol. The Balaban J connectivity index is 0.00000363. The van der Waals surface area contributed by atoms with Crippen molar-refractivity contribution in [3.05, 3.63) is 52.9 Å². The van der Waals surface area contributed by atoms with Gasteiger partial charge in [0.05, 0.1) is 12.2 Å². The lowest BCUT2D eigenvalue weighted by atomic mass is 9.90. The molecular formula is C24H36IN5O2. The van der Waals surface area contributed by atoms with Crippen molar-refractivity contribution in [1.29, 1.82) is 0 Å². The third kappa shape index (κ3) is 7.21. The van der Waals surface area contributed by atoms with Gasteiger partial charge in [0.15, 0.2) is 5.96 Å². The average Bonchev–Trinajstić information content (AvgIpc) is 3.22. The molecule has 1 aliphatic rings. The van der Waals surface area contributed by atoms with Crippen LogP contribution in [0.4, 0.5) is 0 Å². The molecule has 0 aliphatic carbocycles. The maximum atomic E-state index is 12.7. The number of guanidine groups is 1. The van der Waals surface area contributed by atoms with Crippen molar-refractivity contribution >= 4 is 35.8 Å². The first-order valence-corrected chi connectivity index (χ1v) is 11.4. The quantitative estimate of drug-likeness (QED) is 0.297. The van der Waals surface area contributed by atoms with E-state index >= 15 is 0 Å². The zero-order valence-electron chi connectivity index (χ0n) is 19.4. The van der Waals surface area contributed by atoms with E-state index in [1.807, 2.05) is 4.90 Å². The molecule has 0 bridgehead atoms. The van der Waals surface area contributed by atoms with Crippen LogP contribution < -0.4 is 10.6 Å². The number of halogens is 1. The highest BCUT2D eigenvalue weighted by atomic mass is 127. The number of carbonyl (C=O) groups excluding carboxylic acids is 1. The van der Waals surface area contributed by atoms with Gasteiger partial charge in [-0.15, -0.1) is 24.0 Å². The summed E-state index contributed by atoms with van der Waals surface area (Å²) >= 11 is 0. The fourth-order valence-corrected chi connectivity index (χ4v) is 4.14. The lowest BCUT2D eigenvalue weighted by Crippen LogP contribution is -2.46. The van der Waals surface area contributed by atoms with Crippen molar-refractivity contribution in [2.45, 2.75) is 52.5 Å². The van der Waals surface area contributed by atoms with Crippen LogP contribution in [0.15, 0.2) is 39.8 Å². The number of nitrogens with one attached hydrogen (secondary N) is 2. The molecule has 176 valence electrons. The SMILES string of the molecule is CCc1noc(CC)c1CNC(=NC)NCC(=O)N1CCC(Cc2ccccc2)CC1.I. The molecule has 0 atom stereocenters. The smallest absolute Gasteiger partial charge is 0.241 e. The average molecular weight is 553 g/mol. The minimum atomic E-state index is 0. The summed E-state index contributed by atoms with van der Waals surface area (Å²) in [4.78, 5) is 18.9. The van der Waals surface area contributed by atoms with E-state index < -0.39 is 0 Å². The van der Waals surface area contributed by atoms with Crippen molar-refractivity contribution in [3.8, 4) is 0 Å². The van der Waals surface area contributed by atoms with Gasteiger partial charge in [0.1, 0.15) is 5.76 Å². The summed E-state index contributed by atoms with van der Waals surface area (Å²) in [6.07, 6.45) is 4.83. The van der Waals surface area contributed by atoms with Crippen molar-refractivity contribution < 1.29 is 9.32 Å². The van der Waals surface area contributed by atoms with Crippen molar-refractivity contribution in [1.82, 2.24) is 20.7 Å². The number of nitrogens with zero attached hydrogens (tertiary/aromatic N) is 3. The minimum Gasteiger partial charge on any atom is -0.361 e.